The fourth-order valence-corrected chi connectivity index (χ4v) is 3.91. The molecule has 0 atom stereocenters. The Bertz CT molecular complexity index is 1100. The molecule has 1 aromatic carbocycles. The number of ether oxygens (including phenoxy) is 1. The molecule has 0 radical (unpaired) electrons. The average Bonchev–Trinajstić information content (AvgIpc) is 3.24. The quantitative estimate of drug-likeness (QED) is 0.625. The Balaban J connectivity index is 1.96. The second-order valence-electron chi connectivity index (χ2n) is 8.05. The lowest BCUT2D eigenvalue weighted by molar-refractivity contribution is -0.138. The number of aliphatic hydroxyl groups excluding tert-OH is 1. The van der Waals surface area contributed by atoms with Gasteiger partial charge < -0.3 is 14.3 Å². The summed E-state index contributed by atoms with van der Waals surface area (Å²) in [5.41, 5.74) is 1.32. The fourth-order valence-electron chi connectivity index (χ4n) is 2.92. The Kier molecular flexibility index (Phi) is 6.55. The van der Waals surface area contributed by atoms with Crippen molar-refractivity contribution in [3.8, 4) is 0 Å². The zero-order valence-electron chi connectivity index (χ0n) is 18.2. The number of benzene rings is 1. The molecular weight excluding hydrogens is 414 g/mol. The van der Waals surface area contributed by atoms with Crippen LogP contribution in [-0.2, 0) is 14.9 Å². The number of rotatable bonds is 4. The number of nitrogens with zero attached hydrogens (tertiary/aromatic N) is 1. The SMILES string of the molecule is CCOC(=O)C1=C(O)C(=Cc2ccc(C)o2)SC1=NC(=O)c1ccc(C(C)(C)C)cc1. The van der Waals surface area contributed by atoms with Crippen LogP contribution >= 0.6 is 11.8 Å². The van der Waals surface area contributed by atoms with Crippen LogP contribution in [0.25, 0.3) is 6.08 Å². The number of carbonyl (C=O) groups is 2. The average molecular weight is 440 g/mol. The van der Waals surface area contributed by atoms with Crippen molar-refractivity contribution in [2.24, 2.45) is 4.99 Å². The van der Waals surface area contributed by atoms with Crippen molar-refractivity contribution in [1.82, 2.24) is 0 Å². The first-order valence-corrected chi connectivity index (χ1v) is 10.7. The number of esters is 1. The van der Waals surface area contributed by atoms with Crippen molar-refractivity contribution in [3.63, 3.8) is 0 Å². The number of aryl methyl sites for hydroxylation is 1. The zero-order valence-corrected chi connectivity index (χ0v) is 19.0. The number of thioether (sulfide) groups is 1. The molecule has 3 rings (SSSR count). The van der Waals surface area contributed by atoms with E-state index in [0.29, 0.717) is 22.0 Å². The molecule has 0 spiro atoms. The molecule has 7 heteroatoms. The highest BCUT2D eigenvalue weighted by atomic mass is 32.2. The van der Waals surface area contributed by atoms with E-state index in [-0.39, 0.29) is 28.4 Å². The Morgan fingerprint density at radius 3 is 2.39 bits per heavy atom. The van der Waals surface area contributed by atoms with Gasteiger partial charge in [-0.3, -0.25) is 4.79 Å². The molecule has 162 valence electrons. The number of aliphatic hydroxyl groups is 1. The Labute approximate surface area is 185 Å². The van der Waals surface area contributed by atoms with Crippen molar-refractivity contribution in [2.45, 2.75) is 40.0 Å². The first kappa shape index (κ1) is 22.6. The summed E-state index contributed by atoms with van der Waals surface area (Å²) < 4.78 is 10.6. The third-order valence-electron chi connectivity index (χ3n) is 4.61. The number of furan rings is 1. The standard InChI is InChI=1S/C24H25NO5S/c1-6-29-23(28)19-20(26)18(13-17-12-7-14(2)30-17)31-22(19)25-21(27)15-8-10-16(11-9-15)24(3,4)5/h7-13,26H,6H2,1-5H3. The van der Waals surface area contributed by atoms with E-state index in [1.54, 1.807) is 44.2 Å². The van der Waals surface area contributed by atoms with Crippen LogP contribution < -0.4 is 0 Å². The van der Waals surface area contributed by atoms with Crippen LogP contribution in [0, 0.1) is 6.92 Å². The number of carbonyl (C=O) groups excluding carboxylic acids is 2. The summed E-state index contributed by atoms with van der Waals surface area (Å²) >= 11 is 1.02. The van der Waals surface area contributed by atoms with Gasteiger partial charge in [0.15, 0.2) is 0 Å². The third-order valence-corrected chi connectivity index (χ3v) is 5.63. The van der Waals surface area contributed by atoms with Crippen LogP contribution in [0.5, 0.6) is 0 Å². The van der Waals surface area contributed by atoms with Crippen LogP contribution in [0.1, 0.15) is 55.1 Å². The van der Waals surface area contributed by atoms with Gasteiger partial charge in [-0.05, 0) is 55.2 Å². The number of aliphatic imine (C=N–C) groups is 1. The summed E-state index contributed by atoms with van der Waals surface area (Å²) in [6.45, 7) is 9.87. The third kappa shape index (κ3) is 5.17. The highest BCUT2D eigenvalue weighted by Gasteiger charge is 2.34. The molecule has 6 nitrogen and oxygen atoms in total. The topological polar surface area (TPSA) is 89.1 Å². The Hall–Kier alpha value is -3.06. The smallest absolute Gasteiger partial charge is 0.344 e. The van der Waals surface area contributed by atoms with Crippen molar-refractivity contribution in [2.75, 3.05) is 6.61 Å². The van der Waals surface area contributed by atoms with Crippen molar-refractivity contribution in [1.29, 1.82) is 0 Å². The van der Waals surface area contributed by atoms with E-state index in [9.17, 15) is 14.7 Å². The molecule has 0 unspecified atom stereocenters. The second kappa shape index (κ2) is 8.98. The molecular formula is C24H25NO5S. The van der Waals surface area contributed by atoms with Crippen LogP contribution in [0.4, 0.5) is 0 Å². The van der Waals surface area contributed by atoms with Gasteiger partial charge in [-0.2, -0.15) is 0 Å². The van der Waals surface area contributed by atoms with E-state index >= 15 is 0 Å². The lowest BCUT2D eigenvalue weighted by Crippen LogP contribution is -2.14. The highest BCUT2D eigenvalue weighted by Crippen LogP contribution is 2.39. The molecule has 1 N–H and O–H groups in total. The van der Waals surface area contributed by atoms with Crippen molar-refractivity contribution >= 4 is 34.8 Å². The molecule has 0 fully saturated rings. The minimum absolute atomic E-state index is 0.0374. The highest BCUT2D eigenvalue weighted by molar-refractivity contribution is 8.18. The minimum atomic E-state index is -0.735. The maximum atomic E-state index is 12.8. The van der Waals surface area contributed by atoms with Crippen LogP contribution in [-0.4, -0.2) is 28.6 Å². The summed E-state index contributed by atoms with van der Waals surface area (Å²) in [6.07, 6.45) is 1.59. The molecule has 2 heterocycles. The number of amides is 1. The summed E-state index contributed by atoms with van der Waals surface area (Å²) in [5, 5.41) is 10.7. The molecule has 0 aliphatic carbocycles. The second-order valence-corrected chi connectivity index (χ2v) is 9.08. The monoisotopic (exact) mass is 439 g/mol. The first-order chi connectivity index (χ1) is 14.6. The van der Waals surface area contributed by atoms with Gasteiger partial charge in [0, 0.05) is 5.56 Å². The predicted molar refractivity (Wildman–Crippen MR) is 122 cm³/mol. The van der Waals surface area contributed by atoms with E-state index in [1.165, 1.54) is 0 Å². The van der Waals surface area contributed by atoms with E-state index in [1.807, 2.05) is 12.1 Å². The normalized spacial score (nSPS) is 16.9. The van der Waals surface area contributed by atoms with E-state index in [2.05, 4.69) is 25.8 Å². The van der Waals surface area contributed by atoms with Crippen LogP contribution in [0.15, 0.2) is 62.0 Å². The van der Waals surface area contributed by atoms with Gasteiger partial charge in [0.25, 0.3) is 5.91 Å². The number of hydrogen-bond donors (Lipinski definition) is 1. The van der Waals surface area contributed by atoms with E-state index < -0.39 is 11.9 Å². The maximum absolute atomic E-state index is 12.8. The molecule has 0 saturated carbocycles. The summed E-state index contributed by atoms with van der Waals surface area (Å²) in [6, 6.07) is 10.7. The van der Waals surface area contributed by atoms with Crippen LogP contribution in [0.3, 0.4) is 0 Å². The summed E-state index contributed by atoms with van der Waals surface area (Å²) in [4.78, 5) is 29.7. The van der Waals surface area contributed by atoms with Gasteiger partial charge in [0.1, 0.15) is 27.9 Å². The van der Waals surface area contributed by atoms with Gasteiger partial charge in [0.05, 0.1) is 11.5 Å². The van der Waals surface area contributed by atoms with E-state index in [0.717, 1.165) is 17.3 Å². The summed E-state index contributed by atoms with van der Waals surface area (Å²) in [7, 11) is 0. The lowest BCUT2D eigenvalue weighted by Gasteiger charge is -2.18. The first-order valence-electron chi connectivity index (χ1n) is 9.90. The van der Waals surface area contributed by atoms with Gasteiger partial charge in [-0.15, -0.1) is 0 Å². The largest absolute Gasteiger partial charge is 0.506 e. The molecule has 31 heavy (non-hydrogen) atoms. The molecule has 1 amide bonds. The van der Waals surface area contributed by atoms with Gasteiger partial charge in [-0.25, -0.2) is 9.79 Å². The van der Waals surface area contributed by atoms with E-state index in [4.69, 9.17) is 9.15 Å². The summed E-state index contributed by atoms with van der Waals surface area (Å²) in [5.74, 6) is -0.298. The molecule has 1 aliphatic rings. The number of hydrogen-bond acceptors (Lipinski definition) is 6. The predicted octanol–water partition coefficient (Wildman–Crippen LogP) is 5.59. The molecule has 1 aliphatic heterocycles. The van der Waals surface area contributed by atoms with Crippen molar-refractivity contribution in [3.05, 3.63) is 75.3 Å². The van der Waals surface area contributed by atoms with Gasteiger partial charge >= 0.3 is 5.97 Å². The minimum Gasteiger partial charge on any atom is -0.506 e. The molecule has 0 bridgehead atoms. The molecule has 2 aromatic rings. The lowest BCUT2D eigenvalue weighted by atomic mass is 9.87. The van der Waals surface area contributed by atoms with Crippen LogP contribution in [0.2, 0.25) is 0 Å². The fraction of sp³-hybridized carbons (Fsp3) is 0.292. The zero-order chi connectivity index (χ0) is 22.8. The Morgan fingerprint density at radius 1 is 1.16 bits per heavy atom. The molecule has 0 saturated heterocycles. The van der Waals surface area contributed by atoms with Crippen molar-refractivity contribution < 1.29 is 23.8 Å². The van der Waals surface area contributed by atoms with Gasteiger partial charge in [0.2, 0.25) is 0 Å². The molecule has 1 aromatic heterocycles. The Morgan fingerprint density at radius 2 is 1.84 bits per heavy atom. The maximum Gasteiger partial charge on any atom is 0.344 e. The van der Waals surface area contributed by atoms with Gasteiger partial charge in [-0.1, -0.05) is 44.7 Å².